The van der Waals surface area contributed by atoms with Crippen LogP contribution in [0.4, 0.5) is 15.8 Å². The van der Waals surface area contributed by atoms with Crippen molar-refractivity contribution < 1.29 is 23.5 Å². The highest BCUT2D eigenvalue weighted by molar-refractivity contribution is 6.32. The molecule has 2 amide bonds. The van der Waals surface area contributed by atoms with Crippen LogP contribution < -0.4 is 19.7 Å². The van der Waals surface area contributed by atoms with Crippen molar-refractivity contribution in [3.8, 4) is 11.5 Å². The average molecular weight is 393 g/mol. The molecule has 27 heavy (non-hydrogen) atoms. The molecule has 0 saturated carbocycles. The lowest BCUT2D eigenvalue weighted by atomic mass is 10.1. The molecular formula is C19H18ClFN2O4. The van der Waals surface area contributed by atoms with Gasteiger partial charge in [0.1, 0.15) is 17.3 Å². The van der Waals surface area contributed by atoms with Gasteiger partial charge in [-0.25, -0.2) is 4.39 Å². The highest BCUT2D eigenvalue weighted by Gasteiger charge is 2.36. The Bertz CT molecular complexity index is 890. The molecule has 0 aromatic heterocycles. The molecule has 6 nitrogen and oxygen atoms in total. The predicted octanol–water partition coefficient (Wildman–Crippen LogP) is 3.49. The number of rotatable bonds is 5. The predicted molar refractivity (Wildman–Crippen MR) is 100 cm³/mol. The summed E-state index contributed by atoms with van der Waals surface area (Å²) in [5.74, 6) is -1.06. The molecule has 0 spiro atoms. The molecule has 2 aromatic rings. The zero-order valence-electron chi connectivity index (χ0n) is 14.8. The first-order valence-electron chi connectivity index (χ1n) is 8.22. The molecule has 1 fully saturated rings. The molecule has 1 atom stereocenters. The van der Waals surface area contributed by atoms with Crippen LogP contribution in [0.3, 0.4) is 0 Å². The third kappa shape index (κ3) is 3.83. The average Bonchev–Trinajstić information content (AvgIpc) is 3.04. The number of carbonyl (C=O) groups is 2. The van der Waals surface area contributed by atoms with Gasteiger partial charge in [-0.15, -0.1) is 0 Å². The van der Waals surface area contributed by atoms with Gasteiger partial charge in [0, 0.05) is 25.1 Å². The van der Waals surface area contributed by atoms with Crippen LogP contribution in [0.5, 0.6) is 11.5 Å². The van der Waals surface area contributed by atoms with Crippen molar-refractivity contribution in [3.63, 3.8) is 0 Å². The summed E-state index contributed by atoms with van der Waals surface area (Å²) >= 11 is 6.06. The maximum Gasteiger partial charge on any atom is 0.229 e. The van der Waals surface area contributed by atoms with E-state index in [9.17, 15) is 14.0 Å². The summed E-state index contributed by atoms with van der Waals surface area (Å²) in [7, 11) is 2.91. The Morgan fingerprint density at radius 1 is 1.22 bits per heavy atom. The maximum absolute atomic E-state index is 14.0. The van der Waals surface area contributed by atoms with E-state index < -0.39 is 11.7 Å². The van der Waals surface area contributed by atoms with E-state index >= 15 is 0 Å². The van der Waals surface area contributed by atoms with Gasteiger partial charge in [-0.1, -0.05) is 23.7 Å². The molecule has 2 aromatic carbocycles. The summed E-state index contributed by atoms with van der Waals surface area (Å²) in [5.41, 5.74) is 0.545. The van der Waals surface area contributed by atoms with Gasteiger partial charge in [0.15, 0.2) is 0 Å². The molecule has 1 aliphatic heterocycles. The van der Waals surface area contributed by atoms with E-state index in [2.05, 4.69) is 5.32 Å². The highest BCUT2D eigenvalue weighted by Crippen LogP contribution is 2.36. The number of para-hydroxylation sites is 1. The molecule has 1 heterocycles. The van der Waals surface area contributed by atoms with Crippen LogP contribution in [-0.4, -0.2) is 32.6 Å². The van der Waals surface area contributed by atoms with Gasteiger partial charge in [0.05, 0.1) is 36.5 Å². The molecule has 142 valence electrons. The topological polar surface area (TPSA) is 67.9 Å². The largest absolute Gasteiger partial charge is 0.495 e. The number of amides is 2. The van der Waals surface area contributed by atoms with Crippen LogP contribution in [0.2, 0.25) is 5.02 Å². The number of carbonyl (C=O) groups excluding carboxylic acids is 2. The third-order valence-electron chi connectivity index (χ3n) is 4.37. The fourth-order valence-corrected chi connectivity index (χ4v) is 3.21. The van der Waals surface area contributed by atoms with Crippen molar-refractivity contribution in [3.05, 3.63) is 47.2 Å². The maximum atomic E-state index is 14.0. The van der Waals surface area contributed by atoms with Gasteiger partial charge in [-0.05, 0) is 12.1 Å². The quantitative estimate of drug-likeness (QED) is 0.845. The second-order valence-corrected chi connectivity index (χ2v) is 6.44. The minimum Gasteiger partial charge on any atom is -0.495 e. The number of methoxy groups -OCH3 is 2. The Balaban J connectivity index is 1.78. The minimum atomic E-state index is -0.622. The second kappa shape index (κ2) is 7.84. The minimum absolute atomic E-state index is 0.00674. The number of benzene rings is 2. The summed E-state index contributed by atoms with van der Waals surface area (Å²) in [5, 5.41) is 3.08. The lowest BCUT2D eigenvalue weighted by molar-refractivity contribution is -0.122. The first kappa shape index (κ1) is 19.0. The van der Waals surface area contributed by atoms with Crippen LogP contribution in [-0.2, 0) is 9.59 Å². The number of nitrogens with one attached hydrogen (secondary N) is 1. The monoisotopic (exact) mass is 392 g/mol. The summed E-state index contributed by atoms with van der Waals surface area (Å²) in [4.78, 5) is 26.2. The standard InChI is InChI=1S/C19H18ClFN2O4/c1-26-16-9-14(17(27-2)8-12(16)20)22-19(25)11-7-18(24)23(10-11)15-6-4-3-5-13(15)21/h3-6,8-9,11H,7,10H2,1-2H3,(H,22,25). The number of anilines is 2. The normalized spacial score (nSPS) is 16.4. The van der Waals surface area contributed by atoms with Gasteiger partial charge in [0.2, 0.25) is 11.8 Å². The Morgan fingerprint density at radius 3 is 2.59 bits per heavy atom. The number of hydrogen-bond acceptors (Lipinski definition) is 4. The van der Waals surface area contributed by atoms with Crippen molar-refractivity contribution in [2.75, 3.05) is 31.0 Å². The molecule has 8 heteroatoms. The molecule has 1 saturated heterocycles. The zero-order valence-corrected chi connectivity index (χ0v) is 15.5. The molecule has 1 aliphatic rings. The lowest BCUT2D eigenvalue weighted by Gasteiger charge is -2.18. The van der Waals surface area contributed by atoms with Gasteiger partial charge in [-0.2, -0.15) is 0 Å². The molecule has 1 unspecified atom stereocenters. The van der Waals surface area contributed by atoms with E-state index in [0.29, 0.717) is 22.2 Å². The third-order valence-corrected chi connectivity index (χ3v) is 4.67. The highest BCUT2D eigenvalue weighted by atomic mass is 35.5. The molecular weight excluding hydrogens is 375 g/mol. The molecule has 3 rings (SSSR count). The van der Waals surface area contributed by atoms with Crippen molar-refractivity contribution in [1.82, 2.24) is 0 Å². The van der Waals surface area contributed by atoms with E-state index in [-0.39, 0.29) is 30.5 Å². The number of ether oxygens (including phenoxy) is 2. The van der Waals surface area contributed by atoms with Crippen molar-refractivity contribution in [2.24, 2.45) is 5.92 Å². The Hall–Kier alpha value is -2.80. The van der Waals surface area contributed by atoms with E-state index in [4.69, 9.17) is 21.1 Å². The fraction of sp³-hybridized carbons (Fsp3) is 0.263. The first-order chi connectivity index (χ1) is 12.9. The van der Waals surface area contributed by atoms with Crippen LogP contribution in [0.1, 0.15) is 6.42 Å². The van der Waals surface area contributed by atoms with Gasteiger partial charge in [0.25, 0.3) is 0 Å². The van der Waals surface area contributed by atoms with Crippen LogP contribution in [0, 0.1) is 11.7 Å². The van der Waals surface area contributed by atoms with Crippen molar-refractivity contribution >= 4 is 34.8 Å². The smallest absolute Gasteiger partial charge is 0.229 e. The Morgan fingerprint density at radius 2 is 1.93 bits per heavy atom. The summed E-state index contributed by atoms with van der Waals surface area (Å²) < 4.78 is 24.4. The summed E-state index contributed by atoms with van der Waals surface area (Å²) in [6, 6.07) is 9.06. The van der Waals surface area contributed by atoms with Crippen molar-refractivity contribution in [2.45, 2.75) is 6.42 Å². The molecule has 0 bridgehead atoms. The number of nitrogens with zero attached hydrogens (tertiary/aromatic N) is 1. The van der Waals surface area contributed by atoms with Gasteiger partial charge >= 0.3 is 0 Å². The molecule has 0 aliphatic carbocycles. The first-order valence-corrected chi connectivity index (χ1v) is 8.59. The van der Waals surface area contributed by atoms with E-state index in [1.54, 1.807) is 18.2 Å². The second-order valence-electron chi connectivity index (χ2n) is 6.03. The summed E-state index contributed by atoms with van der Waals surface area (Å²) in [6.45, 7) is 0.0959. The Labute approximate surface area is 160 Å². The van der Waals surface area contributed by atoms with Gasteiger partial charge < -0.3 is 19.7 Å². The van der Waals surface area contributed by atoms with E-state index in [1.165, 1.54) is 37.3 Å². The van der Waals surface area contributed by atoms with Crippen LogP contribution >= 0.6 is 11.6 Å². The van der Waals surface area contributed by atoms with E-state index in [1.807, 2.05) is 0 Å². The Kier molecular flexibility index (Phi) is 5.51. The zero-order chi connectivity index (χ0) is 19.6. The number of hydrogen-bond donors (Lipinski definition) is 1. The fourth-order valence-electron chi connectivity index (χ4n) is 2.98. The SMILES string of the molecule is COc1cc(NC(=O)C2CC(=O)N(c3ccccc3F)C2)c(OC)cc1Cl. The van der Waals surface area contributed by atoms with Crippen molar-refractivity contribution in [1.29, 1.82) is 0 Å². The van der Waals surface area contributed by atoms with E-state index in [0.717, 1.165) is 0 Å². The van der Waals surface area contributed by atoms with Crippen LogP contribution in [0.15, 0.2) is 36.4 Å². The molecule has 0 radical (unpaired) electrons. The number of halogens is 2. The van der Waals surface area contributed by atoms with Gasteiger partial charge in [-0.3, -0.25) is 9.59 Å². The lowest BCUT2D eigenvalue weighted by Crippen LogP contribution is -2.28. The van der Waals surface area contributed by atoms with Crippen LogP contribution in [0.25, 0.3) is 0 Å². The summed E-state index contributed by atoms with van der Waals surface area (Å²) in [6.07, 6.45) is -0.00674. The molecule has 1 N–H and O–H groups in total.